The molecule has 0 radical (unpaired) electrons. The Kier molecular flexibility index (Phi) is 7.10. The van der Waals surface area contributed by atoms with Gasteiger partial charge in [-0.2, -0.15) is 0 Å². The number of hydrogen-bond donors (Lipinski definition) is 2. The molecule has 0 saturated heterocycles. The van der Waals surface area contributed by atoms with Gasteiger partial charge in [0.2, 0.25) is 0 Å². The molecule has 7 nitrogen and oxygen atoms in total. The van der Waals surface area contributed by atoms with Gasteiger partial charge >= 0.3 is 0 Å². The van der Waals surface area contributed by atoms with E-state index in [1.165, 1.54) is 0 Å². The lowest BCUT2D eigenvalue weighted by molar-refractivity contribution is 0.331. The number of methoxy groups -OCH3 is 1. The summed E-state index contributed by atoms with van der Waals surface area (Å²) in [6.45, 7) is 5.53. The molecule has 0 bridgehead atoms. The summed E-state index contributed by atoms with van der Waals surface area (Å²) in [7, 11) is 1.64. The molecule has 0 aliphatic rings. The van der Waals surface area contributed by atoms with Crippen molar-refractivity contribution in [1.29, 1.82) is 0 Å². The molecule has 0 aliphatic carbocycles. The van der Waals surface area contributed by atoms with Crippen LogP contribution in [0.15, 0.2) is 54.6 Å². The quantitative estimate of drug-likeness (QED) is 0.493. The molecule has 3 aromatic rings. The second kappa shape index (κ2) is 10.2. The Balaban J connectivity index is 1.57. The van der Waals surface area contributed by atoms with E-state index < -0.39 is 0 Å². The zero-order valence-corrected chi connectivity index (χ0v) is 16.9. The monoisotopic (exact) mass is 394 g/mol. The topological polar surface area (TPSA) is 77.5 Å². The van der Waals surface area contributed by atoms with Crippen molar-refractivity contribution in [3.63, 3.8) is 0 Å². The van der Waals surface area contributed by atoms with Crippen LogP contribution in [0, 0.1) is 6.92 Å². The number of benzene rings is 2. The van der Waals surface area contributed by atoms with Crippen molar-refractivity contribution >= 4 is 17.3 Å². The Bertz CT molecular complexity index is 916. The summed E-state index contributed by atoms with van der Waals surface area (Å²) >= 11 is 0. The summed E-state index contributed by atoms with van der Waals surface area (Å²) in [5.74, 6) is 4.48. The molecule has 3 rings (SSSR count). The van der Waals surface area contributed by atoms with Crippen LogP contribution in [0.25, 0.3) is 0 Å². The van der Waals surface area contributed by atoms with Crippen LogP contribution in [0.4, 0.5) is 17.3 Å². The number of rotatable bonds is 10. The Morgan fingerprint density at radius 2 is 1.62 bits per heavy atom. The van der Waals surface area contributed by atoms with Crippen LogP contribution in [-0.4, -0.2) is 36.8 Å². The molecule has 0 saturated carbocycles. The maximum Gasteiger partial charge on any atom is 0.142 e. The second-order valence-corrected chi connectivity index (χ2v) is 6.19. The predicted molar refractivity (Wildman–Crippen MR) is 115 cm³/mol. The van der Waals surface area contributed by atoms with Gasteiger partial charge in [-0.1, -0.05) is 12.1 Å². The van der Waals surface area contributed by atoms with E-state index in [1.54, 1.807) is 7.11 Å². The van der Waals surface area contributed by atoms with E-state index in [2.05, 4.69) is 20.6 Å². The SMILES string of the molecule is CCOc1ccccc1Nc1cc(NCCOc2ccc(OC)cc2)nc(C)n1. The summed E-state index contributed by atoms with van der Waals surface area (Å²) in [6.07, 6.45) is 0. The molecule has 0 spiro atoms. The number of nitrogens with zero attached hydrogens (tertiary/aromatic N) is 2. The standard InChI is InChI=1S/C22H26N4O3/c1-4-28-20-8-6-5-7-19(20)26-22-15-21(24-16(2)25-22)23-13-14-29-18-11-9-17(27-3)10-12-18/h5-12,15H,4,13-14H2,1-3H3,(H2,23,24,25,26). The highest BCUT2D eigenvalue weighted by atomic mass is 16.5. The Morgan fingerprint density at radius 1 is 0.897 bits per heavy atom. The molecule has 1 heterocycles. The lowest BCUT2D eigenvalue weighted by atomic mass is 10.3. The van der Waals surface area contributed by atoms with Crippen molar-refractivity contribution in [1.82, 2.24) is 9.97 Å². The minimum absolute atomic E-state index is 0.505. The average Bonchev–Trinajstić information content (AvgIpc) is 2.73. The first kappa shape index (κ1) is 20.3. The van der Waals surface area contributed by atoms with Crippen LogP contribution < -0.4 is 24.8 Å². The molecule has 7 heteroatoms. The molecule has 1 aromatic heterocycles. The van der Waals surface area contributed by atoms with Crippen LogP contribution in [0.3, 0.4) is 0 Å². The van der Waals surface area contributed by atoms with Crippen LogP contribution in [-0.2, 0) is 0 Å². The third kappa shape index (κ3) is 6.00. The third-order valence-electron chi connectivity index (χ3n) is 4.02. The van der Waals surface area contributed by atoms with E-state index in [1.807, 2.05) is 68.4 Å². The largest absolute Gasteiger partial charge is 0.497 e. The normalized spacial score (nSPS) is 10.3. The van der Waals surface area contributed by atoms with Crippen LogP contribution in [0.5, 0.6) is 17.2 Å². The Morgan fingerprint density at radius 3 is 2.38 bits per heavy atom. The van der Waals surface area contributed by atoms with Crippen molar-refractivity contribution in [2.24, 2.45) is 0 Å². The summed E-state index contributed by atoms with van der Waals surface area (Å²) in [6, 6.07) is 17.1. The van der Waals surface area contributed by atoms with Crippen LogP contribution >= 0.6 is 0 Å². The fourth-order valence-corrected chi connectivity index (χ4v) is 2.73. The first-order chi connectivity index (χ1) is 14.2. The van der Waals surface area contributed by atoms with E-state index in [0.29, 0.717) is 31.4 Å². The molecular weight excluding hydrogens is 368 g/mol. The van der Waals surface area contributed by atoms with Gasteiger partial charge in [-0.25, -0.2) is 9.97 Å². The molecule has 0 aliphatic heterocycles. The van der Waals surface area contributed by atoms with Crippen molar-refractivity contribution < 1.29 is 14.2 Å². The number of nitrogens with one attached hydrogen (secondary N) is 2. The molecular formula is C22H26N4O3. The van der Waals surface area contributed by atoms with Gasteiger partial charge in [0.05, 0.1) is 25.9 Å². The van der Waals surface area contributed by atoms with Crippen LogP contribution in [0.2, 0.25) is 0 Å². The molecule has 152 valence electrons. The van der Waals surface area contributed by atoms with E-state index in [9.17, 15) is 0 Å². The fraction of sp³-hybridized carbons (Fsp3) is 0.273. The fourth-order valence-electron chi connectivity index (χ4n) is 2.73. The van der Waals surface area contributed by atoms with E-state index in [0.717, 1.165) is 28.8 Å². The summed E-state index contributed by atoms with van der Waals surface area (Å²) < 4.78 is 16.5. The van der Waals surface area contributed by atoms with Crippen molar-refractivity contribution in [3.05, 3.63) is 60.4 Å². The van der Waals surface area contributed by atoms with Crippen molar-refractivity contribution in [2.45, 2.75) is 13.8 Å². The van der Waals surface area contributed by atoms with Crippen molar-refractivity contribution in [2.75, 3.05) is 37.5 Å². The average molecular weight is 394 g/mol. The highest BCUT2D eigenvalue weighted by Crippen LogP contribution is 2.27. The number of anilines is 3. The maximum absolute atomic E-state index is 5.73. The van der Waals surface area contributed by atoms with Gasteiger partial charge in [0, 0.05) is 6.07 Å². The van der Waals surface area contributed by atoms with Gasteiger partial charge in [-0.15, -0.1) is 0 Å². The number of aryl methyl sites for hydroxylation is 1. The Labute approximate surface area is 171 Å². The summed E-state index contributed by atoms with van der Waals surface area (Å²) in [4.78, 5) is 8.90. The highest BCUT2D eigenvalue weighted by molar-refractivity contribution is 5.65. The number of hydrogen-bond acceptors (Lipinski definition) is 7. The lowest BCUT2D eigenvalue weighted by Crippen LogP contribution is -2.13. The van der Waals surface area contributed by atoms with Crippen molar-refractivity contribution in [3.8, 4) is 17.2 Å². The molecule has 0 fully saturated rings. The molecule has 0 amide bonds. The van der Waals surface area contributed by atoms with Gasteiger partial charge in [-0.05, 0) is 50.2 Å². The second-order valence-electron chi connectivity index (χ2n) is 6.19. The molecule has 2 aromatic carbocycles. The van der Waals surface area contributed by atoms with E-state index in [4.69, 9.17) is 14.2 Å². The Hall–Kier alpha value is -3.48. The zero-order valence-electron chi connectivity index (χ0n) is 16.9. The minimum Gasteiger partial charge on any atom is -0.497 e. The smallest absolute Gasteiger partial charge is 0.142 e. The van der Waals surface area contributed by atoms with Gasteiger partial charge in [0.1, 0.15) is 41.3 Å². The van der Waals surface area contributed by atoms with Gasteiger partial charge in [0.25, 0.3) is 0 Å². The number of ether oxygens (including phenoxy) is 3. The van der Waals surface area contributed by atoms with E-state index >= 15 is 0 Å². The van der Waals surface area contributed by atoms with Gasteiger partial charge < -0.3 is 24.8 Å². The first-order valence-corrected chi connectivity index (χ1v) is 9.53. The predicted octanol–water partition coefficient (Wildman–Crippen LogP) is 4.43. The third-order valence-corrected chi connectivity index (χ3v) is 4.02. The molecule has 2 N–H and O–H groups in total. The lowest BCUT2D eigenvalue weighted by Gasteiger charge is -2.13. The first-order valence-electron chi connectivity index (χ1n) is 9.53. The maximum atomic E-state index is 5.73. The molecule has 0 atom stereocenters. The summed E-state index contributed by atoms with van der Waals surface area (Å²) in [5.41, 5.74) is 0.862. The van der Waals surface area contributed by atoms with Gasteiger partial charge in [-0.3, -0.25) is 0 Å². The molecule has 29 heavy (non-hydrogen) atoms. The number of aromatic nitrogens is 2. The number of para-hydroxylation sites is 2. The summed E-state index contributed by atoms with van der Waals surface area (Å²) in [5, 5.41) is 6.58. The highest BCUT2D eigenvalue weighted by Gasteiger charge is 2.06. The van der Waals surface area contributed by atoms with Gasteiger partial charge in [0.15, 0.2) is 0 Å². The molecule has 0 unspecified atom stereocenters. The minimum atomic E-state index is 0.505. The van der Waals surface area contributed by atoms with E-state index in [-0.39, 0.29) is 0 Å². The van der Waals surface area contributed by atoms with Crippen LogP contribution in [0.1, 0.15) is 12.7 Å². The zero-order chi connectivity index (χ0) is 20.5.